The van der Waals surface area contributed by atoms with Gasteiger partial charge in [-0.3, -0.25) is 37.3 Å². The monoisotopic (exact) mass is 1170 g/mol. The van der Waals surface area contributed by atoms with E-state index < -0.39 is 97.5 Å². The number of aliphatic hydroxyl groups excluding tert-OH is 1. The van der Waals surface area contributed by atoms with E-state index in [0.717, 1.165) is 102 Å². The van der Waals surface area contributed by atoms with E-state index in [1.54, 1.807) is 0 Å². The lowest BCUT2D eigenvalue weighted by molar-refractivity contribution is -0.161. The molecule has 0 aliphatic heterocycles. The van der Waals surface area contributed by atoms with Crippen molar-refractivity contribution < 1.29 is 80.2 Å². The van der Waals surface area contributed by atoms with Crippen LogP contribution in [0.3, 0.4) is 0 Å². The Labute approximate surface area is 479 Å². The van der Waals surface area contributed by atoms with E-state index in [1.165, 1.54) is 103 Å². The summed E-state index contributed by atoms with van der Waals surface area (Å²) in [5, 5.41) is 10.5. The summed E-state index contributed by atoms with van der Waals surface area (Å²) in [6, 6.07) is 0. The molecule has 0 aromatic carbocycles. The van der Waals surface area contributed by atoms with Gasteiger partial charge in [-0.2, -0.15) is 0 Å². The zero-order valence-electron chi connectivity index (χ0n) is 50.7. The Morgan fingerprint density at radius 2 is 0.582 bits per heavy atom. The number of hydrogen-bond donors (Lipinski definition) is 3. The van der Waals surface area contributed by atoms with E-state index in [2.05, 4.69) is 41.5 Å². The summed E-state index contributed by atoms with van der Waals surface area (Å²) in [4.78, 5) is 71.7. The van der Waals surface area contributed by atoms with Crippen molar-refractivity contribution in [3.8, 4) is 0 Å². The minimum absolute atomic E-state index is 0.101. The average Bonchev–Trinajstić information content (AvgIpc) is 3.40. The number of carbonyl (C=O) groups is 4. The normalized spacial score (nSPS) is 14.4. The van der Waals surface area contributed by atoms with Crippen molar-refractivity contribution >= 4 is 39.5 Å². The summed E-state index contributed by atoms with van der Waals surface area (Å²) in [5.74, 6) is -0.732. The molecule has 0 aromatic rings. The van der Waals surface area contributed by atoms with Crippen molar-refractivity contribution in [2.75, 3.05) is 39.6 Å². The molecule has 0 aromatic heterocycles. The fraction of sp³-hybridized carbons (Fsp3) is 0.933. The van der Waals surface area contributed by atoms with Crippen LogP contribution in [0.4, 0.5) is 0 Å². The Hall–Kier alpha value is -1.94. The molecule has 79 heavy (non-hydrogen) atoms. The zero-order valence-corrected chi connectivity index (χ0v) is 52.4. The van der Waals surface area contributed by atoms with Gasteiger partial charge in [0.05, 0.1) is 26.4 Å². The highest BCUT2D eigenvalue weighted by molar-refractivity contribution is 7.47. The van der Waals surface area contributed by atoms with Crippen LogP contribution in [0.25, 0.3) is 0 Å². The van der Waals surface area contributed by atoms with Crippen molar-refractivity contribution in [1.82, 2.24) is 0 Å². The second-order valence-electron chi connectivity index (χ2n) is 22.7. The third-order valence-electron chi connectivity index (χ3n) is 13.7. The van der Waals surface area contributed by atoms with Gasteiger partial charge in [0.15, 0.2) is 12.2 Å². The first-order valence-electron chi connectivity index (χ1n) is 31.5. The summed E-state index contributed by atoms with van der Waals surface area (Å²) in [6.07, 6.45) is 33.9. The summed E-state index contributed by atoms with van der Waals surface area (Å²) in [7, 11) is -9.87. The SMILES string of the molecule is CCCCCCCCCCCCCCC(=O)OC[C@H](COP(=O)(O)OC[C@@H](O)COP(=O)(O)OC[C@@H](COC(=O)CCCCCCC)OC(=O)CCCCCCCCC(C)C)OC(=O)CCCCCCCCCCCCC(C)C. The maximum absolute atomic E-state index is 12.9. The minimum atomic E-state index is -4.94. The van der Waals surface area contributed by atoms with Crippen LogP contribution in [0.1, 0.15) is 292 Å². The molecule has 3 N–H and O–H groups in total. The maximum atomic E-state index is 12.9. The van der Waals surface area contributed by atoms with Crippen molar-refractivity contribution in [3.05, 3.63) is 0 Å². The van der Waals surface area contributed by atoms with Crippen LogP contribution in [0.15, 0.2) is 0 Å². The summed E-state index contributed by atoms with van der Waals surface area (Å²) in [5.41, 5.74) is 0. The molecule has 0 amide bonds. The number of ether oxygens (including phenoxy) is 4. The molecular weight excluding hydrogens is 1050 g/mol. The summed E-state index contributed by atoms with van der Waals surface area (Å²) >= 11 is 0. The van der Waals surface area contributed by atoms with Crippen LogP contribution in [0.2, 0.25) is 0 Å². The van der Waals surface area contributed by atoms with Crippen molar-refractivity contribution in [1.29, 1.82) is 0 Å². The third-order valence-corrected chi connectivity index (χ3v) is 15.6. The number of carbonyl (C=O) groups excluding carboxylic acids is 4. The van der Waals surface area contributed by atoms with Crippen molar-refractivity contribution in [3.63, 3.8) is 0 Å². The largest absolute Gasteiger partial charge is 0.472 e. The number of hydrogen-bond acceptors (Lipinski definition) is 15. The molecular formula is C60H116O17P2. The highest BCUT2D eigenvalue weighted by atomic mass is 31.2. The molecule has 0 saturated heterocycles. The second kappa shape index (κ2) is 52.8. The summed E-state index contributed by atoms with van der Waals surface area (Å²) < 4.78 is 67.6. The van der Waals surface area contributed by atoms with Gasteiger partial charge in [0.1, 0.15) is 19.3 Å². The molecule has 5 atom stereocenters. The van der Waals surface area contributed by atoms with Gasteiger partial charge < -0.3 is 33.8 Å². The third kappa shape index (κ3) is 55.0. The zero-order chi connectivity index (χ0) is 58.7. The van der Waals surface area contributed by atoms with Crippen LogP contribution >= 0.6 is 15.6 Å². The van der Waals surface area contributed by atoms with Crippen molar-refractivity contribution in [2.24, 2.45) is 11.8 Å². The molecule has 17 nitrogen and oxygen atoms in total. The van der Waals surface area contributed by atoms with Gasteiger partial charge in [-0.15, -0.1) is 0 Å². The smallest absolute Gasteiger partial charge is 0.462 e. The number of unbranched alkanes of at least 4 members (excludes halogenated alkanes) is 29. The van der Waals surface area contributed by atoms with E-state index in [4.69, 9.17) is 37.0 Å². The van der Waals surface area contributed by atoms with Crippen LogP contribution in [0, 0.1) is 11.8 Å². The molecule has 0 aliphatic carbocycles. The van der Waals surface area contributed by atoms with Gasteiger partial charge in [-0.05, 0) is 37.5 Å². The van der Waals surface area contributed by atoms with Crippen LogP contribution in [0.5, 0.6) is 0 Å². The summed E-state index contributed by atoms with van der Waals surface area (Å²) in [6.45, 7) is 9.27. The Morgan fingerprint density at radius 3 is 0.861 bits per heavy atom. The van der Waals surface area contributed by atoms with Gasteiger partial charge in [0.25, 0.3) is 0 Å². The van der Waals surface area contributed by atoms with E-state index in [-0.39, 0.29) is 25.7 Å². The van der Waals surface area contributed by atoms with Gasteiger partial charge in [-0.25, -0.2) is 9.13 Å². The Balaban J connectivity index is 5.19. The van der Waals surface area contributed by atoms with Crippen LogP contribution < -0.4 is 0 Å². The topological polar surface area (TPSA) is 237 Å². The molecule has 0 spiro atoms. The first-order valence-corrected chi connectivity index (χ1v) is 34.5. The quantitative estimate of drug-likeness (QED) is 0.0222. The molecule has 0 radical (unpaired) electrons. The maximum Gasteiger partial charge on any atom is 0.472 e. The highest BCUT2D eigenvalue weighted by Gasteiger charge is 2.30. The lowest BCUT2D eigenvalue weighted by atomic mass is 10.0. The lowest BCUT2D eigenvalue weighted by Gasteiger charge is -2.21. The first-order chi connectivity index (χ1) is 37.9. The molecule has 468 valence electrons. The molecule has 0 heterocycles. The number of phosphoric ester groups is 2. The van der Waals surface area contributed by atoms with Crippen LogP contribution in [-0.4, -0.2) is 96.7 Å². The number of rotatable bonds is 59. The minimum Gasteiger partial charge on any atom is -0.462 e. The van der Waals surface area contributed by atoms with Crippen LogP contribution in [-0.2, 0) is 65.4 Å². The predicted octanol–water partition coefficient (Wildman–Crippen LogP) is 16.1. The fourth-order valence-electron chi connectivity index (χ4n) is 8.82. The highest BCUT2D eigenvalue weighted by Crippen LogP contribution is 2.45. The Kier molecular flexibility index (Phi) is 51.5. The molecule has 0 rings (SSSR count). The number of phosphoric acid groups is 2. The molecule has 0 fully saturated rings. The second-order valence-corrected chi connectivity index (χ2v) is 25.6. The Morgan fingerprint density at radius 1 is 0.342 bits per heavy atom. The van der Waals surface area contributed by atoms with E-state index in [0.29, 0.717) is 31.6 Å². The van der Waals surface area contributed by atoms with E-state index >= 15 is 0 Å². The van der Waals surface area contributed by atoms with Crippen molar-refractivity contribution in [2.45, 2.75) is 310 Å². The molecule has 0 aliphatic rings. The fourth-order valence-corrected chi connectivity index (χ4v) is 10.4. The molecule has 0 saturated carbocycles. The predicted molar refractivity (Wildman–Crippen MR) is 312 cm³/mol. The van der Waals surface area contributed by atoms with Gasteiger partial charge in [-0.1, -0.05) is 241 Å². The Bertz CT molecular complexity index is 1560. The first kappa shape index (κ1) is 77.1. The molecule has 2 unspecified atom stereocenters. The van der Waals surface area contributed by atoms with Gasteiger partial charge in [0, 0.05) is 25.7 Å². The molecule has 0 bridgehead atoms. The van der Waals surface area contributed by atoms with E-state index in [1.807, 2.05) is 0 Å². The van der Waals surface area contributed by atoms with Gasteiger partial charge in [0.2, 0.25) is 0 Å². The van der Waals surface area contributed by atoms with E-state index in [9.17, 15) is 43.2 Å². The molecule has 19 heteroatoms. The van der Waals surface area contributed by atoms with Gasteiger partial charge >= 0.3 is 39.5 Å². The number of esters is 4. The lowest BCUT2D eigenvalue weighted by Crippen LogP contribution is -2.30. The number of aliphatic hydroxyl groups is 1. The average molecular weight is 1170 g/mol. The standard InChI is InChI=1S/C60H116O17P2/c1-7-9-11-13-14-15-16-17-21-24-31-37-43-58(63)71-49-56(76-59(64)44-38-32-25-22-19-18-20-23-29-34-40-52(3)4)51-75-79(68,69)73-47-54(61)46-72-78(66,67)74-50-55(48-70-57(62)42-36-28-12-10-8-2)77-60(65)45-39-33-27-26-30-35-41-53(5)6/h52-56,61H,7-51H2,1-6H3,(H,66,67)(H,68,69)/t54-,55+,56+/m0/s1.